The van der Waals surface area contributed by atoms with Crippen LogP contribution in [-0.4, -0.2) is 36.4 Å². The first kappa shape index (κ1) is 27.2. The Labute approximate surface area is 235 Å². The molecule has 9 heteroatoms. The Kier molecular flexibility index (Phi) is 8.67. The van der Waals surface area contributed by atoms with Crippen molar-refractivity contribution in [2.45, 2.75) is 26.9 Å². The van der Waals surface area contributed by atoms with Gasteiger partial charge in [0, 0.05) is 5.69 Å². The van der Waals surface area contributed by atoms with E-state index in [4.69, 9.17) is 9.47 Å². The van der Waals surface area contributed by atoms with Gasteiger partial charge >= 0.3 is 6.03 Å². The number of aryl methyl sites for hydroxylation is 2. The number of nitrogens with zero attached hydrogens (tertiary/aromatic N) is 1. The highest BCUT2D eigenvalue weighted by molar-refractivity contribution is 14.1. The SMILES string of the molecule is CCc1ccccc1NC(=O)CN1C(=O)N/C(=C/c2cc(I)c(OCc3cccc(C)c3)c(OC)c2)C1=O. The van der Waals surface area contributed by atoms with Crippen molar-refractivity contribution < 1.29 is 23.9 Å². The number of carbonyl (C=O) groups excluding carboxylic acids is 3. The van der Waals surface area contributed by atoms with Crippen LogP contribution in [-0.2, 0) is 22.6 Å². The number of halogens is 1. The van der Waals surface area contributed by atoms with Gasteiger partial charge in [0.25, 0.3) is 5.91 Å². The number of methoxy groups -OCH3 is 1. The van der Waals surface area contributed by atoms with Crippen molar-refractivity contribution in [2.24, 2.45) is 0 Å². The fraction of sp³-hybridized carbons (Fsp3) is 0.207. The molecule has 1 aliphatic heterocycles. The van der Waals surface area contributed by atoms with Gasteiger partial charge in [-0.2, -0.15) is 0 Å². The molecule has 0 atom stereocenters. The van der Waals surface area contributed by atoms with Crippen LogP contribution in [0.3, 0.4) is 0 Å². The van der Waals surface area contributed by atoms with Crippen LogP contribution in [0.2, 0.25) is 0 Å². The molecule has 0 unspecified atom stereocenters. The number of hydrogen-bond acceptors (Lipinski definition) is 5. The van der Waals surface area contributed by atoms with E-state index in [-0.39, 0.29) is 5.70 Å². The van der Waals surface area contributed by atoms with Crippen molar-refractivity contribution in [3.8, 4) is 11.5 Å². The maximum Gasteiger partial charge on any atom is 0.329 e. The Morgan fingerprint density at radius 1 is 1.11 bits per heavy atom. The Hall–Kier alpha value is -3.86. The van der Waals surface area contributed by atoms with E-state index in [0.29, 0.717) is 29.4 Å². The average molecular weight is 625 g/mol. The van der Waals surface area contributed by atoms with Crippen molar-refractivity contribution in [3.63, 3.8) is 0 Å². The number of hydrogen-bond donors (Lipinski definition) is 2. The van der Waals surface area contributed by atoms with Gasteiger partial charge < -0.3 is 20.1 Å². The zero-order valence-corrected chi connectivity index (χ0v) is 23.5. The number of nitrogens with one attached hydrogen (secondary N) is 2. The van der Waals surface area contributed by atoms with Gasteiger partial charge in [-0.1, -0.05) is 55.0 Å². The average Bonchev–Trinajstić information content (AvgIpc) is 3.15. The van der Waals surface area contributed by atoms with E-state index in [0.717, 1.165) is 31.6 Å². The third kappa shape index (κ3) is 6.34. The molecular weight excluding hydrogens is 597 g/mol. The van der Waals surface area contributed by atoms with Crippen LogP contribution in [0.25, 0.3) is 6.08 Å². The maximum absolute atomic E-state index is 13.0. The molecule has 3 aromatic rings. The molecule has 3 aromatic carbocycles. The molecule has 196 valence electrons. The summed E-state index contributed by atoms with van der Waals surface area (Å²) in [4.78, 5) is 39.0. The fourth-order valence-corrected chi connectivity index (χ4v) is 4.87. The van der Waals surface area contributed by atoms with Gasteiger partial charge in [-0.05, 0) is 76.9 Å². The van der Waals surface area contributed by atoms with Gasteiger partial charge in [0.1, 0.15) is 18.8 Å². The fourth-order valence-electron chi connectivity index (χ4n) is 4.09. The molecule has 1 fully saturated rings. The van der Waals surface area contributed by atoms with Crippen LogP contribution in [0.1, 0.15) is 29.2 Å². The molecule has 0 radical (unpaired) electrons. The summed E-state index contributed by atoms with van der Waals surface area (Å²) in [6.45, 7) is 3.99. The highest BCUT2D eigenvalue weighted by atomic mass is 127. The number of ether oxygens (including phenoxy) is 2. The molecule has 38 heavy (non-hydrogen) atoms. The van der Waals surface area contributed by atoms with Crippen LogP contribution in [0, 0.1) is 10.5 Å². The second-order valence-corrected chi connectivity index (χ2v) is 9.91. The zero-order chi connectivity index (χ0) is 27.2. The molecule has 0 aliphatic carbocycles. The Morgan fingerprint density at radius 2 is 1.89 bits per heavy atom. The predicted octanol–water partition coefficient (Wildman–Crippen LogP) is 5.28. The molecule has 0 bridgehead atoms. The molecule has 0 spiro atoms. The maximum atomic E-state index is 13.0. The molecule has 1 heterocycles. The van der Waals surface area contributed by atoms with Crippen molar-refractivity contribution >= 4 is 52.2 Å². The first-order chi connectivity index (χ1) is 18.3. The number of anilines is 1. The molecule has 1 saturated heterocycles. The summed E-state index contributed by atoms with van der Waals surface area (Å²) in [5.41, 5.74) is 4.53. The summed E-state index contributed by atoms with van der Waals surface area (Å²) in [5.74, 6) is 0.0489. The van der Waals surface area contributed by atoms with Crippen LogP contribution < -0.4 is 20.1 Å². The smallest absolute Gasteiger partial charge is 0.329 e. The molecule has 0 saturated carbocycles. The molecular formula is C29H28IN3O5. The molecule has 8 nitrogen and oxygen atoms in total. The van der Waals surface area contributed by atoms with Crippen LogP contribution in [0.5, 0.6) is 11.5 Å². The van der Waals surface area contributed by atoms with Crippen molar-refractivity contribution in [3.05, 3.63) is 92.2 Å². The summed E-state index contributed by atoms with van der Waals surface area (Å²) < 4.78 is 12.4. The third-order valence-corrected chi connectivity index (χ3v) is 6.77. The third-order valence-electron chi connectivity index (χ3n) is 5.96. The van der Waals surface area contributed by atoms with Gasteiger partial charge in [0.15, 0.2) is 11.5 Å². The van der Waals surface area contributed by atoms with Crippen molar-refractivity contribution in [1.82, 2.24) is 10.2 Å². The number of imide groups is 1. The van der Waals surface area contributed by atoms with Crippen LogP contribution in [0.15, 0.2) is 66.4 Å². The van der Waals surface area contributed by atoms with Gasteiger partial charge in [0.2, 0.25) is 5.91 Å². The minimum atomic E-state index is -0.653. The van der Waals surface area contributed by atoms with Gasteiger partial charge in [-0.15, -0.1) is 0 Å². The first-order valence-corrected chi connectivity index (χ1v) is 13.1. The molecule has 0 aromatic heterocycles. The van der Waals surface area contributed by atoms with E-state index in [2.05, 4.69) is 39.3 Å². The van der Waals surface area contributed by atoms with E-state index >= 15 is 0 Å². The normalized spacial score (nSPS) is 14.0. The van der Waals surface area contributed by atoms with Crippen LogP contribution >= 0.6 is 22.6 Å². The van der Waals surface area contributed by atoms with Gasteiger partial charge in [-0.25, -0.2) is 9.69 Å². The number of amides is 4. The number of urea groups is 1. The lowest BCUT2D eigenvalue weighted by molar-refractivity contribution is -0.127. The molecule has 1 aliphatic rings. The Bertz CT molecular complexity index is 1420. The molecule has 2 N–H and O–H groups in total. The quantitative estimate of drug-likeness (QED) is 0.192. The van der Waals surface area contributed by atoms with E-state index in [1.807, 2.05) is 56.3 Å². The lowest BCUT2D eigenvalue weighted by Gasteiger charge is -2.14. The summed E-state index contributed by atoms with van der Waals surface area (Å²) >= 11 is 2.15. The number of para-hydroxylation sites is 1. The van der Waals surface area contributed by atoms with E-state index in [1.54, 1.807) is 25.3 Å². The van der Waals surface area contributed by atoms with Gasteiger partial charge in [0.05, 0.1) is 10.7 Å². The number of benzene rings is 3. The van der Waals surface area contributed by atoms with E-state index < -0.39 is 24.4 Å². The second kappa shape index (κ2) is 12.1. The summed E-state index contributed by atoms with van der Waals surface area (Å²) in [7, 11) is 1.54. The first-order valence-electron chi connectivity index (χ1n) is 12.1. The van der Waals surface area contributed by atoms with Gasteiger partial charge in [-0.3, -0.25) is 9.59 Å². The monoisotopic (exact) mass is 625 g/mol. The minimum Gasteiger partial charge on any atom is -0.493 e. The largest absolute Gasteiger partial charge is 0.493 e. The second-order valence-electron chi connectivity index (χ2n) is 8.75. The molecule has 4 amide bonds. The highest BCUT2D eigenvalue weighted by Crippen LogP contribution is 2.35. The standard InChI is InChI=1S/C29H28IN3O5/c1-4-21-10-5-6-11-23(21)31-26(34)16-33-28(35)24(32-29(33)36)14-20-13-22(30)27(25(15-20)37-3)38-17-19-9-7-8-18(2)12-19/h5-15H,4,16-17H2,1-3H3,(H,31,34)(H,32,36)/b24-14+. The summed E-state index contributed by atoms with van der Waals surface area (Å²) in [6.07, 6.45) is 2.30. The number of rotatable bonds is 9. The van der Waals surface area contributed by atoms with E-state index in [9.17, 15) is 14.4 Å². The predicted molar refractivity (Wildman–Crippen MR) is 154 cm³/mol. The van der Waals surface area contributed by atoms with Crippen molar-refractivity contribution in [2.75, 3.05) is 19.0 Å². The lowest BCUT2D eigenvalue weighted by atomic mass is 10.1. The Balaban J connectivity index is 1.47. The highest BCUT2D eigenvalue weighted by Gasteiger charge is 2.35. The Morgan fingerprint density at radius 3 is 2.63 bits per heavy atom. The van der Waals surface area contributed by atoms with E-state index in [1.165, 1.54) is 0 Å². The topological polar surface area (TPSA) is 97.0 Å². The lowest BCUT2D eigenvalue weighted by Crippen LogP contribution is -2.38. The number of carbonyl (C=O) groups is 3. The summed E-state index contributed by atoms with van der Waals surface area (Å²) in [5, 5.41) is 5.35. The molecule has 4 rings (SSSR count). The van der Waals surface area contributed by atoms with Crippen LogP contribution in [0.4, 0.5) is 10.5 Å². The van der Waals surface area contributed by atoms with Crippen molar-refractivity contribution in [1.29, 1.82) is 0 Å². The minimum absolute atomic E-state index is 0.0723. The zero-order valence-electron chi connectivity index (χ0n) is 21.3. The summed E-state index contributed by atoms with van der Waals surface area (Å²) in [6, 6.07) is 18.4.